The van der Waals surface area contributed by atoms with Gasteiger partial charge in [0, 0.05) is 24.5 Å². The van der Waals surface area contributed by atoms with Crippen molar-refractivity contribution in [3.8, 4) is 5.75 Å². The lowest BCUT2D eigenvalue weighted by atomic mass is 9.99. The van der Waals surface area contributed by atoms with Gasteiger partial charge in [0.15, 0.2) is 10.8 Å². The number of aliphatic hydroxyl groups is 1. The predicted octanol–water partition coefficient (Wildman–Crippen LogP) is 4.74. The Morgan fingerprint density at radius 3 is 2.60 bits per heavy atom. The second-order valence-corrected chi connectivity index (χ2v) is 14.0. The summed E-state index contributed by atoms with van der Waals surface area (Å²) in [6.45, 7) is 3.48. The number of benzene rings is 3. The summed E-state index contributed by atoms with van der Waals surface area (Å²) in [6, 6.07) is 17.6. The van der Waals surface area contributed by atoms with E-state index in [0.717, 1.165) is 4.70 Å². The number of para-hydroxylation sites is 2. The van der Waals surface area contributed by atoms with E-state index in [1.807, 2.05) is 31.2 Å². The number of anilines is 1. The molecule has 10 nitrogen and oxygen atoms in total. The molecule has 13 heteroatoms. The molecule has 1 aliphatic heterocycles. The van der Waals surface area contributed by atoms with Gasteiger partial charge in [-0.3, -0.25) is 9.59 Å². The van der Waals surface area contributed by atoms with Gasteiger partial charge in [0.05, 0.1) is 45.6 Å². The smallest absolute Gasteiger partial charge is 0.284 e. The van der Waals surface area contributed by atoms with Gasteiger partial charge >= 0.3 is 0 Å². The first-order chi connectivity index (χ1) is 20.5. The first kappa shape index (κ1) is 30.9. The number of carbonyl (C=O) groups excluding carboxylic acids is 2. The standard InChI is InChI=1S/C30H31ClN4O6S2/c1-18-15-35(19(2)17-36)30(38)22-7-6-9-24(32-28(37)29-33-23-8-4-5-10-26(23)42-29)27(22)41-25(18)16-34(3)43(39,40)21-13-11-20(31)12-14-21/h4-14,18-19,25,36H,15-17H2,1-3H3,(H,32,37)/t18-,19+,25+/m0/s1. The molecule has 226 valence electrons. The van der Waals surface area contributed by atoms with Crippen molar-refractivity contribution >= 4 is 60.7 Å². The van der Waals surface area contributed by atoms with Crippen molar-refractivity contribution in [3.63, 3.8) is 0 Å². The maximum absolute atomic E-state index is 13.8. The lowest BCUT2D eigenvalue weighted by Crippen LogP contribution is -2.50. The van der Waals surface area contributed by atoms with Crippen molar-refractivity contribution in [1.29, 1.82) is 0 Å². The number of nitrogens with one attached hydrogen (secondary N) is 1. The summed E-state index contributed by atoms with van der Waals surface area (Å²) in [6.07, 6.45) is -0.729. The summed E-state index contributed by atoms with van der Waals surface area (Å²) in [7, 11) is -2.44. The van der Waals surface area contributed by atoms with Gasteiger partial charge in [0.2, 0.25) is 10.0 Å². The van der Waals surface area contributed by atoms with Gasteiger partial charge < -0.3 is 20.1 Å². The lowest BCUT2D eigenvalue weighted by Gasteiger charge is -2.38. The molecule has 0 aliphatic carbocycles. The molecule has 0 saturated carbocycles. The van der Waals surface area contributed by atoms with Crippen molar-refractivity contribution in [2.75, 3.05) is 32.1 Å². The Bertz CT molecular complexity index is 1730. The normalized spacial score (nSPS) is 18.1. The fourth-order valence-electron chi connectivity index (χ4n) is 4.84. The number of rotatable bonds is 8. The van der Waals surface area contributed by atoms with Crippen LogP contribution in [-0.4, -0.2) is 78.4 Å². The summed E-state index contributed by atoms with van der Waals surface area (Å²) in [5, 5.41) is 13.4. The molecule has 1 aliphatic rings. The van der Waals surface area contributed by atoms with Crippen molar-refractivity contribution in [1.82, 2.24) is 14.2 Å². The Hall–Kier alpha value is -3.55. The fourth-order valence-corrected chi connectivity index (χ4v) is 7.01. The highest BCUT2D eigenvalue weighted by atomic mass is 35.5. The van der Waals surface area contributed by atoms with E-state index in [2.05, 4.69) is 10.3 Å². The summed E-state index contributed by atoms with van der Waals surface area (Å²) in [5.41, 5.74) is 1.12. The molecule has 2 N–H and O–H groups in total. The highest BCUT2D eigenvalue weighted by molar-refractivity contribution is 7.89. The Balaban J connectivity index is 1.51. The van der Waals surface area contributed by atoms with Crippen LogP contribution in [-0.2, 0) is 10.0 Å². The van der Waals surface area contributed by atoms with E-state index in [0.29, 0.717) is 10.5 Å². The zero-order valence-electron chi connectivity index (χ0n) is 23.7. The van der Waals surface area contributed by atoms with Gasteiger partial charge in [-0.25, -0.2) is 13.4 Å². The highest BCUT2D eigenvalue weighted by Gasteiger charge is 2.36. The van der Waals surface area contributed by atoms with Crippen molar-refractivity contribution < 1.29 is 27.9 Å². The molecule has 2 amide bonds. The van der Waals surface area contributed by atoms with Crippen LogP contribution in [0.1, 0.15) is 34.0 Å². The number of likely N-dealkylation sites (N-methyl/N-ethyl adjacent to an activating group) is 1. The number of thiazole rings is 1. The van der Waals surface area contributed by atoms with Crippen LogP contribution < -0.4 is 10.1 Å². The van der Waals surface area contributed by atoms with Gasteiger partial charge in [0.1, 0.15) is 6.10 Å². The van der Waals surface area contributed by atoms with E-state index in [9.17, 15) is 23.1 Å². The molecule has 0 unspecified atom stereocenters. The number of aliphatic hydroxyl groups excluding tert-OH is 1. The summed E-state index contributed by atoms with van der Waals surface area (Å²) in [5.74, 6) is -1.09. The summed E-state index contributed by atoms with van der Waals surface area (Å²) < 4.78 is 35.3. The van der Waals surface area contributed by atoms with E-state index in [4.69, 9.17) is 16.3 Å². The maximum atomic E-state index is 13.8. The second kappa shape index (κ2) is 12.6. The molecule has 0 bridgehead atoms. The van der Waals surface area contributed by atoms with Gasteiger partial charge in [-0.1, -0.05) is 36.7 Å². The van der Waals surface area contributed by atoms with Crippen molar-refractivity contribution in [2.24, 2.45) is 5.92 Å². The summed E-state index contributed by atoms with van der Waals surface area (Å²) >= 11 is 7.20. The topological polar surface area (TPSA) is 129 Å². The molecular formula is C30H31ClN4O6S2. The molecule has 5 rings (SSSR count). The number of fused-ring (bicyclic) bond motifs is 2. The Labute approximate surface area is 258 Å². The third-order valence-electron chi connectivity index (χ3n) is 7.39. The van der Waals surface area contributed by atoms with Crippen molar-refractivity contribution in [3.05, 3.63) is 82.3 Å². The summed E-state index contributed by atoms with van der Waals surface area (Å²) in [4.78, 5) is 33.1. The maximum Gasteiger partial charge on any atom is 0.284 e. The molecule has 0 spiro atoms. The number of carbonyl (C=O) groups is 2. The minimum absolute atomic E-state index is 0.0543. The molecule has 0 saturated heterocycles. The zero-order valence-corrected chi connectivity index (χ0v) is 26.1. The first-order valence-corrected chi connectivity index (χ1v) is 16.2. The quantitative estimate of drug-likeness (QED) is 0.284. The number of nitrogens with zero attached hydrogens (tertiary/aromatic N) is 3. The Kier molecular flexibility index (Phi) is 9.04. The van der Waals surface area contributed by atoms with Crippen LogP contribution in [0.5, 0.6) is 5.75 Å². The van der Waals surface area contributed by atoms with Crippen molar-refractivity contribution in [2.45, 2.75) is 30.9 Å². The van der Waals surface area contributed by atoms with Crippen LogP contribution >= 0.6 is 22.9 Å². The lowest BCUT2D eigenvalue weighted by molar-refractivity contribution is 0.0388. The third-order valence-corrected chi connectivity index (χ3v) is 10.5. The van der Waals surface area contributed by atoms with Crippen LogP contribution in [0.25, 0.3) is 10.2 Å². The van der Waals surface area contributed by atoms with E-state index < -0.39 is 28.1 Å². The van der Waals surface area contributed by atoms with Crippen LogP contribution in [0.4, 0.5) is 5.69 Å². The average molecular weight is 643 g/mol. The molecule has 0 fully saturated rings. The Morgan fingerprint density at radius 1 is 1.19 bits per heavy atom. The monoisotopic (exact) mass is 642 g/mol. The largest absolute Gasteiger partial charge is 0.486 e. The second-order valence-electron chi connectivity index (χ2n) is 10.5. The number of sulfonamides is 1. The molecule has 3 atom stereocenters. The third kappa shape index (κ3) is 6.38. The van der Waals surface area contributed by atoms with E-state index in [-0.39, 0.29) is 58.4 Å². The SMILES string of the molecule is C[C@H](CO)N1C[C@H](C)[C@@H](CN(C)S(=O)(=O)c2ccc(Cl)cc2)Oc2c(NC(=O)c3nc4ccccc4s3)cccc2C1=O. The highest BCUT2D eigenvalue weighted by Crippen LogP contribution is 2.36. The first-order valence-electron chi connectivity index (χ1n) is 13.6. The number of ether oxygens (including phenoxy) is 1. The van der Waals surface area contributed by atoms with Gasteiger partial charge in [-0.05, 0) is 55.5 Å². The minimum atomic E-state index is -3.90. The van der Waals surface area contributed by atoms with Gasteiger partial charge in [-0.2, -0.15) is 4.31 Å². The van der Waals surface area contributed by atoms with Crippen LogP contribution in [0.15, 0.2) is 71.6 Å². The molecule has 0 radical (unpaired) electrons. The van der Waals surface area contributed by atoms with E-state index in [1.165, 1.54) is 47.0 Å². The van der Waals surface area contributed by atoms with E-state index in [1.54, 1.807) is 30.0 Å². The fraction of sp³-hybridized carbons (Fsp3) is 0.300. The minimum Gasteiger partial charge on any atom is -0.486 e. The predicted molar refractivity (Wildman–Crippen MR) is 166 cm³/mol. The molecule has 2 heterocycles. The molecule has 1 aromatic heterocycles. The molecule has 3 aromatic carbocycles. The van der Waals surface area contributed by atoms with Gasteiger partial charge in [-0.15, -0.1) is 11.3 Å². The molecule has 4 aromatic rings. The number of hydrogen-bond donors (Lipinski definition) is 2. The van der Waals surface area contributed by atoms with Crippen LogP contribution in [0.2, 0.25) is 5.02 Å². The van der Waals surface area contributed by atoms with Gasteiger partial charge in [0.25, 0.3) is 11.8 Å². The number of halogens is 1. The molecule has 43 heavy (non-hydrogen) atoms. The van der Waals surface area contributed by atoms with Crippen LogP contribution in [0, 0.1) is 5.92 Å². The number of amides is 2. The molecular weight excluding hydrogens is 612 g/mol. The average Bonchev–Trinajstić information content (AvgIpc) is 3.44. The van der Waals surface area contributed by atoms with E-state index >= 15 is 0 Å². The Morgan fingerprint density at radius 2 is 1.91 bits per heavy atom. The number of hydrogen-bond acceptors (Lipinski definition) is 8. The number of aromatic nitrogens is 1. The zero-order chi connectivity index (χ0) is 30.9. The van der Waals surface area contributed by atoms with Crippen LogP contribution in [0.3, 0.4) is 0 Å².